The second kappa shape index (κ2) is 8.74. The number of halogens is 2. The molecule has 116 valence electrons. The van der Waals surface area contributed by atoms with E-state index in [-0.39, 0.29) is 31.5 Å². The lowest BCUT2D eigenvalue weighted by atomic mass is 10.2. The van der Waals surface area contributed by atoms with Crippen LogP contribution in [-0.2, 0) is 4.74 Å². The maximum atomic E-state index is 12.7. The highest BCUT2D eigenvalue weighted by Gasteiger charge is 2.08. The molecule has 0 spiro atoms. The smallest absolute Gasteiger partial charge is 0.339 e. The van der Waals surface area contributed by atoms with Crippen molar-refractivity contribution in [3.8, 4) is 0 Å². The topological polar surface area (TPSA) is 68.3 Å². The van der Waals surface area contributed by atoms with Crippen LogP contribution < -0.4 is 5.32 Å². The summed E-state index contributed by atoms with van der Waals surface area (Å²) in [6.07, 6.45) is 2.96. The van der Waals surface area contributed by atoms with Gasteiger partial charge >= 0.3 is 5.97 Å². The molecule has 2 rings (SSSR count). The van der Waals surface area contributed by atoms with Crippen LogP contribution in [-0.4, -0.2) is 30.0 Å². The number of hydrogen-bond donors (Lipinski definition) is 1. The fourth-order valence-corrected chi connectivity index (χ4v) is 1.58. The van der Waals surface area contributed by atoms with Crippen LogP contribution in [0.5, 0.6) is 0 Å². The third-order valence-corrected chi connectivity index (χ3v) is 2.62. The van der Waals surface area contributed by atoms with Gasteiger partial charge in [0.05, 0.1) is 12.1 Å². The summed E-state index contributed by atoms with van der Waals surface area (Å²) in [5.41, 5.74) is 0.692. The number of carbonyl (C=O) groups is 2. The first-order valence-electron chi connectivity index (χ1n) is 6.28. The lowest BCUT2D eigenvalue weighted by Crippen LogP contribution is -2.28. The molecule has 1 N–H and O–H groups in total. The Bertz CT molecular complexity index is 620. The minimum atomic E-state index is -0.501. The van der Waals surface area contributed by atoms with Crippen molar-refractivity contribution in [2.45, 2.75) is 0 Å². The number of hydrogen-bond acceptors (Lipinski definition) is 4. The number of ether oxygens (including phenoxy) is 1. The Morgan fingerprint density at radius 2 is 1.86 bits per heavy atom. The van der Waals surface area contributed by atoms with Gasteiger partial charge in [-0.3, -0.25) is 9.78 Å². The zero-order valence-electron chi connectivity index (χ0n) is 11.5. The fourth-order valence-electron chi connectivity index (χ4n) is 1.58. The summed E-state index contributed by atoms with van der Waals surface area (Å²) in [7, 11) is 0. The molecule has 1 heterocycles. The van der Waals surface area contributed by atoms with E-state index in [2.05, 4.69) is 10.3 Å². The van der Waals surface area contributed by atoms with Crippen molar-refractivity contribution in [3.05, 3.63) is 65.7 Å². The summed E-state index contributed by atoms with van der Waals surface area (Å²) < 4.78 is 17.7. The summed E-state index contributed by atoms with van der Waals surface area (Å²) >= 11 is 0. The van der Waals surface area contributed by atoms with Crippen molar-refractivity contribution < 1.29 is 18.7 Å². The van der Waals surface area contributed by atoms with Gasteiger partial charge in [-0.25, -0.2) is 9.18 Å². The number of nitrogens with zero attached hydrogens (tertiary/aromatic N) is 1. The Morgan fingerprint density at radius 1 is 1.14 bits per heavy atom. The number of nitrogens with one attached hydrogen (secondary N) is 1. The van der Waals surface area contributed by atoms with E-state index in [9.17, 15) is 14.0 Å². The molecule has 1 aromatic heterocycles. The molecule has 2 aromatic rings. The van der Waals surface area contributed by atoms with E-state index in [1.54, 1.807) is 18.3 Å². The van der Waals surface area contributed by atoms with Crippen molar-refractivity contribution in [2.24, 2.45) is 0 Å². The molecule has 0 bridgehead atoms. The third-order valence-electron chi connectivity index (χ3n) is 2.62. The minimum Gasteiger partial charge on any atom is -0.460 e. The average molecular weight is 325 g/mol. The molecule has 7 heteroatoms. The van der Waals surface area contributed by atoms with E-state index in [0.717, 1.165) is 0 Å². The predicted molar refractivity (Wildman–Crippen MR) is 80.5 cm³/mol. The van der Waals surface area contributed by atoms with Crippen LogP contribution in [0.3, 0.4) is 0 Å². The first kappa shape index (κ1) is 17.6. The summed E-state index contributed by atoms with van der Waals surface area (Å²) in [6.45, 7) is 0.211. The van der Waals surface area contributed by atoms with Gasteiger partial charge in [-0.15, -0.1) is 12.4 Å². The first-order chi connectivity index (χ1) is 10.2. The molecule has 0 fully saturated rings. The number of esters is 1. The van der Waals surface area contributed by atoms with Crippen molar-refractivity contribution >= 4 is 24.3 Å². The molecular formula is C15H14ClFN2O3. The highest BCUT2D eigenvalue weighted by molar-refractivity contribution is 5.94. The van der Waals surface area contributed by atoms with E-state index in [1.807, 2.05) is 0 Å². The quantitative estimate of drug-likeness (QED) is 0.676. The zero-order valence-corrected chi connectivity index (χ0v) is 12.3. The van der Waals surface area contributed by atoms with Crippen LogP contribution in [0, 0.1) is 5.82 Å². The van der Waals surface area contributed by atoms with Gasteiger partial charge in [0.25, 0.3) is 5.91 Å². The number of pyridine rings is 1. The average Bonchev–Trinajstić information content (AvgIpc) is 2.52. The standard InChI is InChI=1S/C15H13FN2O3.ClH/c16-13-5-3-11(4-6-13)14(19)18-8-9-21-15(20)12-2-1-7-17-10-12;/h1-7,10H,8-9H2,(H,18,19);1H. The largest absolute Gasteiger partial charge is 0.460 e. The molecule has 0 radical (unpaired) electrons. The predicted octanol–water partition coefficient (Wildman–Crippen LogP) is 2.23. The molecule has 0 saturated carbocycles. The number of aromatic nitrogens is 1. The van der Waals surface area contributed by atoms with Crippen LogP contribution in [0.1, 0.15) is 20.7 Å². The number of amides is 1. The van der Waals surface area contributed by atoms with E-state index in [1.165, 1.54) is 30.5 Å². The van der Waals surface area contributed by atoms with Crippen LogP contribution in [0.25, 0.3) is 0 Å². The zero-order chi connectivity index (χ0) is 15.1. The van der Waals surface area contributed by atoms with Crippen LogP contribution in [0.15, 0.2) is 48.8 Å². The second-order valence-electron chi connectivity index (χ2n) is 4.14. The van der Waals surface area contributed by atoms with Crippen molar-refractivity contribution in [3.63, 3.8) is 0 Å². The van der Waals surface area contributed by atoms with Crippen molar-refractivity contribution in [1.82, 2.24) is 10.3 Å². The Labute approximate surface area is 132 Å². The van der Waals surface area contributed by atoms with Crippen molar-refractivity contribution in [1.29, 1.82) is 0 Å². The molecule has 5 nitrogen and oxygen atoms in total. The molecule has 1 amide bonds. The van der Waals surface area contributed by atoms with Gasteiger partial charge in [0.2, 0.25) is 0 Å². The third kappa shape index (κ3) is 5.14. The van der Waals surface area contributed by atoms with E-state index in [4.69, 9.17) is 4.74 Å². The second-order valence-corrected chi connectivity index (χ2v) is 4.14. The van der Waals surface area contributed by atoms with Crippen LogP contribution >= 0.6 is 12.4 Å². The molecule has 22 heavy (non-hydrogen) atoms. The summed E-state index contributed by atoms with van der Waals surface area (Å²) in [4.78, 5) is 27.1. The Balaban J connectivity index is 0.00000242. The molecular weight excluding hydrogens is 311 g/mol. The minimum absolute atomic E-state index is 0. The van der Waals surface area contributed by atoms with Crippen LogP contribution in [0.4, 0.5) is 4.39 Å². The van der Waals surface area contributed by atoms with E-state index < -0.39 is 11.8 Å². The maximum absolute atomic E-state index is 12.7. The molecule has 0 aliphatic rings. The van der Waals surface area contributed by atoms with Gasteiger partial charge in [-0.05, 0) is 36.4 Å². The lowest BCUT2D eigenvalue weighted by molar-refractivity contribution is 0.0502. The SMILES string of the molecule is Cl.O=C(NCCOC(=O)c1cccnc1)c1ccc(F)cc1. The number of carbonyl (C=O) groups excluding carboxylic acids is 2. The van der Waals surface area contributed by atoms with Crippen molar-refractivity contribution in [2.75, 3.05) is 13.2 Å². The maximum Gasteiger partial charge on any atom is 0.339 e. The summed E-state index contributed by atoms with van der Waals surface area (Å²) in [6, 6.07) is 8.40. The number of rotatable bonds is 5. The molecule has 0 aliphatic heterocycles. The van der Waals surface area contributed by atoms with Crippen LogP contribution in [0.2, 0.25) is 0 Å². The number of benzene rings is 1. The van der Waals surface area contributed by atoms with Gasteiger partial charge in [0.15, 0.2) is 0 Å². The lowest BCUT2D eigenvalue weighted by Gasteiger charge is -2.06. The first-order valence-corrected chi connectivity index (χ1v) is 6.28. The molecule has 0 aliphatic carbocycles. The molecule has 1 aromatic carbocycles. The Hall–Kier alpha value is -2.47. The van der Waals surface area contributed by atoms with Gasteiger partial charge in [0.1, 0.15) is 12.4 Å². The highest BCUT2D eigenvalue weighted by atomic mass is 35.5. The van der Waals surface area contributed by atoms with Gasteiger partial charge < -0.3 is 10.1 Å². The van der Waals surface area contributed by atoms with E-state index in [0.29, 0.717) is 11.1 Å². The fraction of sp³-hybridized carbons (Fsp3) is 0.133. The highest BCUT2D eigenvalue weighted by Crippen LogP contribution is 2.02. The monoisotopic (exact) mass is 324 g/mol. The van der Waals surface area contributed by atoms with Gasteiger partial charge in [-0.1, -0.05) is 0 Å². The van der Waals surface area contributed by atoms with Gasteiger partial charge in [0, 0.05) is 18.0 Å². The summed E-state index contributed by atoms with van der Waals surface area (Å²) in [5, 5.41) is 2.57. The summed E-state index contributed by atoms with van der Waals surface area (Å²) in [5.74, 6) is -1.26. The van der Waals surface area contributed by atoms with Gasteiger partial charge in [-0.2, -0.15) is 0 Å². The normalized spacial score (nSPS) is 9.50. The molecule has 0 saturated heterocycles. The van der Waals surface area contributed by atoms with E-state index >= 15 is 0 Å². The Morgan fingerprint density at radius 3 is 2.50 bits per heavy atom. The Kier molecular flexibility index (Phi) is 6.98. The molecule has 0 unspecified atom stereocenters. The molecule has 0 atom stereocenters.